The van der Waals surface area contributed by atoms with Crippen molar-refractivity contribution in [1.29, 1.82) is 5.26 Å². The quantitative estimate of drug-likeness (QED) is 0.506. The molecule has 0 atom stereocenters. The molecule has 4 N–H and O–H groups in total. The molecule has 1 saturated heterocycles. The molecular weight excluding hydrogens is 356 g/mol. The average Bonchev–Trinajstić information content (AvgIpc) is 3.28. The maximum atomic E-state index is 8.83. The summed E-state index contributed by atoms with van der Waals surface area (Å²) in [4.78, 5) is 8.16. The SMILES string of the molecule is N#Cc1cnc(Nc2cc(NCC3CCNCC3)c(-c3cn[nH]c3)nn2)cn1. The minimum atomic E-state index is 0.260. The minimum Gasteiger partial charge on any atom is -0.383 e. The van der Waals surface area contributed by atoms with Crippen LogP contribution in [0.1, 0.15) is 18.5 Å². The Morgan fingerprint density at radius 3 is 2.71 bits per heavy atom. The Hall–Kier alpha value is -3.58. The van der Waals surface area contributed by atoms with Crippen LogP contribution in [0.3, 0.4) is 0 Å². The van der Waals surface area contributed by atoms with Crippen molar-refractivity contribution in [2.24, 2.45) is 5.92 Å². The summed E-state index contributed by atoms with van der Waals surface area (Å²) in [6, 6.07) is 3.84. The Balaban J connectivity index is 1.55. The molecule has 3 aromatic heterocycles. The zero-order chi connectivity index (χ0) is 19.2. The number of hydrogen-bond donors (Lipinski definition) is 4. The summed E-state index contributed by atoms with van der Waals surface area (Å²) in [5, 5.41) is 34.2. The van der Waals surface area contributed by atoms with Crippen molar-refractivity contribution in [3.63, 3.8) is 0 Å². The van der Waals surface area contributed by atoms with Crippen molar-refractivity contribution >= 4 is 17.3 Å². The standard InChI is InChI=1S/C18H20N10/c19-6-14-10-23-17(11-21-14)26-16-5-15(22-7-12-1-3-20-4-2-12)18(28-27-16)13-8-24-25-9-13/h5,8-12,20H,1-4,7H2,(H,24,25)(H2,22,23,26,27). The van der Waals surface area contributed by atoms with Crippen LogP contribution in [0.5, 0.6) is 0 Å². The first-order valence-corrected chi connectivity index (χ1v) is 9.12. The zero-order valence-electron chi connectivity index (χ0n) is 15.2. The Labute approximate surface area is 161 Å². The summed E-state index contributed by atoms with van der Waals surface area (Å²) in [5.41, 5.74) is 2.74. The second-order valence-electron chi connectivity index (χ2n) is 6.58. The highest BCUT2D eigenvalue weighted by molar-refractivity contribution is 5.75. The van der Waals surface area contributed by atoms with Crippen LogP contribution >= 0.6 is 0 Å². The molecule has 0 aromatic carbocycles. The van der Waals surface area contributed by atoms with E-state index in [2.05, 4.69) is 46.3 Å². The number of H-pyrrole nitrogens is 1. The van der Waals surface area contributed by atoms with Gasteiger partial charge in [0, 0.05) is 24.4 Å². The smallest absolute Gasteiger partial charge is 0.158 e. The van der Waals surface area contributed by atoms with E-state index in [4.69, 9.17) is 5.26 Å². The second kappa shape index (κ2) is 8.41. The highest BCUT2D eigenvalue weighted by Crippen LogP contribution is 2.27. The van der Waals surface area contributed by atoms with Crippen LogP contribution < -0.4 is 16.0 Å². The monoisotopic (exact) mass is 376 g/mol. The van der Waals surface area contributed by atoms with Gasteiger partial charge < -0.3 is 16.0 Å². The first kappa shape index (κ1) is 17.8. The van der Waals surface area contributed by atoms with Crippen LogP contribution in [-0.4, -0.2) is 50.0 Å². The molecule has 0 aliphatic carbocycles. The fraction of sp³-hybridized carbons (Fsp3) is 0.333. The molecule has 4 rings (SSSR count). The molecule has 28 heavy (non-hydrogen) atoms. The molecule has 0 radical (unpaired) electrons. The van der Waals surface area contributed by atoms with Gasteiger partial charge in [-0.25, -0.2) is 9.97 Å². The van der Waals surface area contributed by atoms with Gasteiger partial charge in [0.2, 0.25) is 0 Å². The van der Waals surface area contributed by atoms with Crippen LogP contribution in [-0.2, 0) is 0 Å². The van der Waals surface area contributed by atoms with Crippen LogP contribution in [0.15, 0.2) is 30.9 Å². The number of nitriles is 1. The first-order chi connectivity index (χ1) is 13.8. The summed E-state index contributed by atoms with van der Waals surface area (Å²) in [5.74, 6) is 1.65. The molecule has 0 amide bonds. The lowest BCUT2D eigenvalue weighted by Crippen LogP contribution is -2.31. The van der Waals surface area contributed by atoms with Crippen LogP contribution in [0.25, 0.3) is 11.3 Å². The van der Waals surface area contributed by atoms with Gasteiger partial charge in [0.15, 0.2) is 11.5 Å². The molecule has 1 aliphatic heterocycles. The van der Waals surface area contributed by atoms with Gasteiger partial charge in [-0.1, -0.05) is 0 Å². The van der Waals surface area contributed by atoms with Gasteiger partial charge in [0.1, 0.15) is 17.6 Å². The number of nitrogens with one attached hydrogen (secondary N) is 4. The molecule has 10 heteroatoms. The third-order valence-electron chi connectivity index (χ3n) is 4.63. The molecule has 0 bridgehead atoms. The van der Waals surface area contributed by atoms with Crippen molar-refractivity contribution in [2.75, 3.05) is 30.3 Å². The van der Waals surface area contributed by atoms with E-state index in [1.807, 2.05) is 12.1 Å². The summed E-state index contributed by atoms with van der Waals surface area (Å²) >= 11 is 0. The lowest BCUT2D eigenvalue weighted by atomic mass is 9.98. The summed E-state index contributed by atoms with van der Waals surface area (Å²) in [6.07, 6.45) is 8.72. The van der Waals surface area contributed by atoms with E-state index in [-0.39, 0.29) is 5.69 Å². The minimum absolute atomic E-state index is 0.260. The van der Waals surface area contributed by atoms with Crippen molar-refractivity contribution < 1.29 is 0 Å². The van der Waals surface area contributed by atoms with E-state index in [1.165, 1.54) is 12.4 Å². The van der Waals surface area contributed by atoms with Gasteiger partial charge in [-0.3, -0.25) is 5.10 Å². The third-order valence-corrected chi connectivity index (χ3v) is 4.63. The third kappa shape index (κ3) is 4.21. The van der Waals surface area contributed by atoms with Gasteiger partial charge >= 0.3 is 0 Å². The Bertz CT molecular complexity index is 939. The largest absolute Gasteiger partial charge is 0.383 e. The molecule has 0 spiro atoms. The topological polar surface area (TPSA) is 140 Å². The number of rotatable bonds is 6. The molecule has 4 heterocycles. The van der Waals surface area contributed by atoms with Crippen molar-refractivity contribution in [3.05, 3.63) is 36.5 Å². The number of piperidine rings is 1. The fourth-order valence-corrected chi connectivity index (χ4v) is 3.10. The summed E-state index contributed by atoms with van der Waals surface area (Å²) in [7, 11) is 0. The number of nitrogens with zero attached hydrogens (tertiary/aromatic N) is 6. The number of anilines is 3. The number of aromatic amines is 1. The first-order valence-electron chi connectivity index (χ1n) is 9.12. The predicted molar refractivity (Wildman–Crippen MR) is 104 cm³/mol. The average molecular weight is 376 g/mol. The van der Waals surface area contributed by atoms with Crippen molar-refractivity contribution in [2.45, 2.75) is 12.8 Å². The number of aromatic nitrogens is 6. The highest BCUT2D eigenvalue weighted by Gasteiger charge is 2.16. The normalized spacial score (nSPS) is 14.4. The van der Waals surface area contributed by atoms with E-state index in [0.717, 1.165) is 49.4 Å². The molecule has 142 valence electrons. The molecule has 0 saturated carbocycles. The van der Waals surface area contributed by atoms with E-state index in [1.54, 1.807) is 12.4 Å². The van der Waals surface area contributed by atoms with Crippen LogP contribution in [0.4, 0.5) is 17.3 Å². The van der Waals surface area contributed by atoms with Gasteiger partial charge in [-0.05, 0) is 31.8 Å². The Morgan fingerprint density at radius 2 is 2.00 bits per heavy atom. The molecule has 3 aromatic rings. The zero-order valence-corrected chi connectivity index (χ0v) is 15.2. The van der Waals surface area contributed by atoms with E-state index in [0.29, 0.717) is 17.6 Å². The lowest BCUT2D eigenvalue weighted by Gasteiger charge is -2.23. The van der Waals surface area contributed by atoms with Gasteiger partial charge in [0.05, 0.1) is 24.3 Å². The van der Waals surface area contributed by atoms with E-state index >= 15 is 0 Å². The van der Waals surface area contributed by atoms with E-state index < -0.39 is 0 Å². The maximum absolute atomic E-state index is 8.83. The molecule has 10 nitrogen and oxygen atoms in total. The van der Waals surface area contributed by atoms with E-state index in [9.17, 15) is 0 Å². The maximum Gasteiger partial charge on any atom is 0.158 e. The molecule has 0 unspecified atom stereocenters. The lowest BCUT2D eigenvalue weighted by molar-refractivity contribution is 0.390. The Kier molecular flexibility index (Phi) is 5.35. The second-order valence-corrected chi connectivity index (χ2v) is 6.58. The van der Waals surface area contributed by atoms with Gasteiger partial charge in [-0.2, -0.15) is 10.4 Å². The van der Waals surface area contributed by atoms with Gasteiger partial charge in [-0.15, -0.1) is 10.2 Å². The van der Waals surface area contributed by atoms with Crippen molar-refractivity contribution in [3.8, 4) is 17.3 Å². The molecular formula is C18H20N10. The predicted octanol–water partition coefficient (Wildman–Crippen LogP) is 1.68. The highest BCUT2D eigenvalue weighted by atomic mass is 15.2. The summed E-state index contributed by atoms with van der Waals surface area (Å²) < 4.78 is 0. The molecule has 1 aliphatic rings. The van der Waals surface area contributed by atoms with Crippen LogP contribution in [0.2, 0.25) is 0 Å². The van der Waals surface area contributed by atoms with Crippen LogP contribution in [0, 0.1) is 17.2 Å². The summed E-state index contributed by atoms with van der Waals surface area (Å²) in [6.45, 7) is 2.98. The van der Waals surface area contributed by atoms with Gasteiger partial charge in [0.25, 0.3) is 0 Å². The van der Waals surface area contributed by atoms with Crippen molar-refractivity contribution in [1.82, 2.24) is 35.7 Å². The Morgan fingerprint density at radius 1 is 1.11 bits per heavy atom. The molecule has 1 fully saturated rings. The fourth-order valence-electron chi connectivity index (χ4n) is 3.10. The number of hydrogen-bond acceptors (Lipinski definition) is 9.